The number of halogens is 2. The number of aliphatic hydroxyl groups is 1. The molecule has 0 spiro atoms. The first-order valence-electron chi connectivity index (χ1n) is 14.1. The second-order valence-corrected chi connectivity index (χ2v) is 13.7. The van der Waals surface area contributed by atoms with Crippen molar-refractivity contribution in [2.24, 2.45) is 11.1 Å². The number of hydrogen-bond donors (Lipinski definition) is 3. The topological polar surface area (TPSA) is 148 Å². The van der Waals surface area contributed by atoms with E-state index in [1.807, 2.05) is 0 Å². The van der Waals surface area contributed by atoms with E-state index >= 15 is 0 Å². The number of sulfonamides is 1. The Morgan fingerprint density at radius 2 is 1.89 bits per heavy atom. The Kier molecular flexibility index (Phi) is 7.87. The first-order valence-corrected chi connectivity index (χ1v) is 16.5. The van der Waals surface area contributed by atoms with E-state index in [2.05, 4.69) is 16.8 Å². The van der Waals surface area contributed by atoms with Crippen LogP contribution in [0.2, 0.25) is 0 Å². The third-order valence-electron chi connectivity index (χ3n) is 7.95. The van der Waals surface area contributed by atoms with Crippen molar-refractivity contribution in [3.8, 4) is 28.2 Å². The maximum Gasteiger partial charge on any atom is 0.355 e. The molecule has 0 aliphatic heterocycles. The zero-order chi connectivity index (χ0) is 31.2. The standard InChI is InChI=1S/C31H28F2N4O5S2/c32-23-7-6-21(16-20(23)9-12-31(40)10-1-2-11-31)28-22(13-19-5-8-27(24(33)14-19)44(34,41)42)26(15-18-3-4-18)37(36-28)30-35-25(17-43-30)29(38)39/h5-8,14,16-18,40H,1-4,10-11,13,15H2,(H,38,39)(H2,34,41,42). The van der Waals surface area contributed by atoms with Crippen LogP contribution in [0.25, 0.3) is 16.4 Å². The zero-order valence-corrected chi connectivity index (χ0v) is 25.0. The number of benzene rings is 2. The Labute approximate surface area is 256 Å². The van der Waals surface area contributed by atoms with Gasteiger partial charge in [-0.25, -0.2) is 36.8 Å². The molecule has 228 valence electrons. The normalized spacial score (nSPS) is 16.1. The SMILES string of the molecule is NS(=O)(=O)c1ccc(Cc2c(-c3ccc(F)c(C#CC4(O)CCCC4)c3)nn(-c3nc(C(=O)O)cs3)c2CC2CC2)cc1F. The van der Waals surface area contributed by atoms with E-state index in [0.717, 1.165) is 54.8 Å². The van der Waals surface area contributed by atoms with Gasteiger partial charge in [0.05, 0.1) is 17.0 Å². The molecular weight excluding hydrogens is 610 g/mol. The van der Waals surface area contributed by atoms with Gasteiger partial charge in [0, 0.05) is 22.9 Å². The number of nitrogens with zero attached hydrogens (tertiary/aromatic N) is 3. The van der Waals surface area contributed by atoms with Crippen LogP contribution in [0.4, 0.5) is 8.78 Å². The van der Waals surface area contributed by atoms with E-state index in [1.54, 1.807) is 16.8 Å². The number of aromatic carboxylic acids is 1. The van der Waals surface area contributed by atoms with Crippen LogP contribution >= 0.6 is 11.3 Å². The molecule has 0 bridgehead atoms. The van der Waals surface area contributed by atoms with E-state index in [1.165, 1.54) is 17.5 Å². The van der Waals surface area contributed by atoms with Gasteiger partial charge in [-0.05, 0) is 86.8 Å². The summed E-state index contributed by atoms with van der Waals surface area (Å²) in [5, 5.41) is 31.9. The molecule has 2 heterocycles. The maximum absolute atomic E-state index is 14.9. The van der Waals surface area contributed by atoms with E-state index in [0.29, 0.717) is 52.7 Å². The molecule has 13 heteroatoms. The van der Waals surface area contributed by atoms with Crippen LogP contribution in [-0.2, 0) is 22.9 Å². The second-order valence-electron chi connectivity index (χ2n) is 11.3. The molecule has 2 aliphatic carbocycles. The highest BCUT2D eigenvalue weighted by Gasteiger charge is 2.31. The Bertz CT molecular complexity index is 1950. The molecule has 2 saturated carbocycles. The Balaban J connectivity index is 1.50. The van der Waals surface area contributed by atoms with Crippen molar-refractivity contribution in [1.82, 2.24) is 14.8 Å². The lowest BCUT2D eigenvalue weighted by atomic mass is 9.96. The summed E-state index contributed by atoms with van der Waals surface area (Å²) >= 11 is 1.11. The van der Waals surface area contributed by atoms with Gasteiger partial charge in [-0.3, -0.25) is 0 Å². The Morgan fingerprint density at radius 3 is 2.52 bits per heavy atom. The number of nitrogens with two attached hydrogens (primary N) is 1. The third-order valence-corrected chi connectivity index (χ3v) is 9.71. The lowest BCUT2D eigenvalue weighted by Crippen LogP contribution is -2.20. The number of carbonyl (C=O) groups is 1. The van der Waals surface area contributed by atoms with Crippen LogP contribution < -0.4 is 5.14 Å². The van der Waals surface area contributed by atoms with Crippen molar-refractivity contribution in [3.05, 3.63) is 81.5 Å². The fraction of sp³-hybridized carbons (Fsp3) is 0.323. The molecule has 0 radical (unpaired) electrons. The molecule has 2 aliphatic rings. The van der Waals surface area contributed by atoms with Gasteiger partial charge >= 0.3 is 5.97 Å². The highest BCUT2D eigenvalue weighted by atomic mass is 32.2. The first-order chi connectivity index (χ1) is 20.9. The van der Waals surface area contributed by atoms with Crippen LogP contribution in [0, 0.1) is 29.4 Å². The molecule has 6 rings (SSSR count). The Hall–Kier alpha value is -3.96. The number of carboxylic acid groups (broad SMARTS) is 1. The van der Waals surface area contributed by atoms with Crippen LogP contribution in [0.1, 0.15) is 71.4 Å². The van der Waals surface area contributed by atoms with Crippen molar-refractivity contribution in [2.45, 2.75) is 61.9 Å². The monoisotopic (exact) mass is 638 g/mol. The van der Waals surface area contributed by atoms with Crippen molar-refractivity contribution in [1.29, 1.82) is 0 Å². The molecule has 44 heavy (non-hydrogen) atoms. The van der Waals surface area contributed by atoms with E-state index in [-0.39, 0.29) is 17.7 Å². The zero-order valence-electron chi connectivity index (χ0n) is 23.4. The summed E-state index contributed by atoms with van der Waals surface area (Å²) in [7, 11) is -4.26. The quantitative estimate of drug-likeness (QED) is 0.234. The van der Waals surface area contributed by atoms with E-state index in [9.17, 15) is 32.2 Å². The molecule has 0 unspecified atom stereocenters. The average Bonchev–Trinajstić information content (AvgIpc) is 3.30. The van der Waals surface area contributed by atoms with Crippen molar-refractivity contribution < 1.29 is 32.2 Å². The fourth-order valence-electron chi connectivity index (χ4n) is 5.45. The molecule has 0 saturated heterocycles. The van der Waals surface area contributed by atoms with Crippen LogP contribution in [0.3, 0.4) is 0 Å². The molecule has 2 aromatic heterocycles. The summed E-state index contributed by atoms with van der Waals surface area (Å²) in [5.41, 5.74) is 1.59. The third kappa shape index (κ3) is 6.30. The largest absolute Gasteiger partial charge is 0.476 e. The molecule has 2 fully saturated rings. The number of rotatable bonds is 8. The van der Waals surface area contributed by atoms with Crippen LogP contribution in [-0.4, -0.2) is 45.0 Å². The summed E-state index contributed by atoms with van der Waals surface area (Å²) in [6.45, 7) is 0. The second kappa shape index (κ2) is 11.5. The molecule has 0 amide bonds. The maximum atomic E-state index is 14.9. The molecular formula is C31H28F2N4O5S2. The molecule has 2 aromatic carbocycles. The predicted molar refractivity (Wildman–Crippen MR) is 159 cm³/mol. The van der Waals surface area contributed by atoms with Crippen molar-refractivity contribution in [2.75, 3.05) is 0 Å². The van der Waals surface area contributed by atoms with Gasteiger partial charge in [0.15, 0.2) is 5.69 Å². The van der Waals surface area contributed by atoms with Gasteiger partial charge in [-0.15, -0.1) is 11.3 Å². The minimum atomic E-state index is -4.26. The minimum absolute atomic E-state index is 0.0815. The van der Waals surface area contributed by atoms with Gasteiger partial charge in [0.1, 0.15) is 22.1 Å². The van der Waals surface area contributed by atoms with Crippen molar-refractivity contribution in [3.63, 3.8) is 0 Å². The van der Waals surface area contributed by atoms with Crippen LogP contribution in [0.5, 0.6) is 0 Å². The highest BCUT2D eigenvalue weighted by Crippen LogP contribution is 2.38. The lowest BCUT2D eigenvalue weighted by Gasteiger charge is -2.13. The van der Waals surface area contributed by atoms with E-state index < -0.39 is 38.1 Å². The summed E-state index contributed by atoms with van der Waals surface area (Å²) in [5.74, 6) is 3.28. The average molecular weight is 639 g/mol. The summed E-state index contributed by atoms with van der Waals surface area (Å²) in [6.07, 6.45) is 5.44. The number of carboxylic acids is 1. The molecule has 4 aromatic rings. The lowest BCUT2D eigenvalue weighted by molar-refractivity contribution is 0.0691. The predicted octanol–water partition coefficient (Wildman–Crippen LogP) is 4.82. The van der Waals surface area contributed by atoms with Crippen LogP contribution in [0.15, 0.2) is 46.7 Å². The number of hydrogen-bond acceptors (Lipinski definition) is 7. The minimum Gasteiger partial charge on any atom is -0.476 e. The summed E-state index contributed by atoms with van der Waals surface area (Å²) in [4.78, 5) is 15.2. The molecule has 9 nitrogen and oxygen atoms in total. The van der Waals surface area contributed by atoms with E-state index in [4.69, 9.17) is 10.2 Å². The fourth-order valence-corrected chi connectivity index (χ4v) is 6.81. The molecule has 4 N–H and O–H groups in total. The van der Waals surface area contributed by atoms with Gasteiger partial charge in [0.25, 0.3) is 0 Å². The first kappa shape index (κ1) is 30.1. The Morgan fingerprint density at radius 1 is 1.14 bits per heavy atom. The van der Waals surface area contributed by atoms with Gasteiger partial charge < -0.3 is 10.2 Å². The van der Waals surface area contributed by atoms with Gasteiger partial charge in [0.2, 0.25) is 15.2 Å². The summed E-state index contributed by atoms with van der Waals surface area (Å²) in [6, 6.07) is 8.07. The summed E-state index contributed by atoms with van der Waals surface area (Å²) < 4.78 is 55.0. The van der Waals surface area contributed by atoms with Crippen molar-refractivity contribution >= 4 is 27.3 Å². The number of primary sulfonamides is 1. The highest BCUT2D eigenvalue weighted by molar-refractivity contribution is 7.89. The smallest absolute Gasteiger partial charge is 0.355 e. The van der Waals surface area contributed by atoms with Gasteiger partial charge in [-0.1, -0.05) is 17.9 Å². The van der Waals surface area contributed by atoms with Gasteiger partial charge in [-0.2, -0.15) is 5.10 Å². The number of thiazole rings is 1. The molecule has 0 atom stereocenters. The number of aromatic nitrogens is 3.